The molecule has 0 amide bonds. The molecule has 0 saturated heterocycles. The molecule has 4 heteroatoms. The third-order valence-corrected chi connectivity index (χ3v) is 3.06. The maximum atomic E-state index is 11.4. The van der Waals surface area contributed by atoms with Gasteiger partial charge in [-0.1, -0.05) is 30.3 Å². The number of carbonyl (C=O) groups is 2. The highest BCUT2D eigenvalue weighted by molar-refractivity contribution is 5.76. The van der Waals surface area contributed by atoms with E-state index in [0.29, 0.717) is 6.42 Å². The minimum atomic E-state index is -0.949. The summed E-state index contributed by atoms with van der Waals surface area (Å²) < 4.78 is 4.54. The van der Waals surface area contributed by atoms with Gasteiger partial charge >= 0.3 is 11.9 Å². The second-order valence-electron chi connectivity index (χ2n) is 4.60. The molecular weight excluding hydrogens is 232 g/mol. The molecule has 0 radical (unpaired) electrons. The van der Waals surface area contributed by atoms with Gasteiger partial charge in [0.25, 0.3) is 0 Å². The van der Waals surface area contributed by atoms with Crippen molar-refractivity contribution in [1.82, 2.24) is 0 Å². The van der Waals surface area contributed by atoms with E-state index in [9.17, 15) is 14.7 Å². The lowest BCUT2D eigenvalue weighted by Crippen LogP contribution is -2.31. The molecule has 1 aromatic carbocycles. The Morgan fingerprint density at radius 2 is 1.89 bits per heavy atom. The van der Waals surface area contributed by atoms with Crippen molar-refractivity contribution in [2.45, 2.75) is 26.2 Å². The van der Waals surface area contributed by atoms with Gasteiger partial charge in [0.05, 0.1) is 12.5 Å². The Hall–Kier alpha value is -1.84. The van der Waals surface area contributed by atoms with Gasteiger partial charge in [-0.2, -0.15) is 0 Å². The van der Waals surface area contributed by atoms with Crippen LogP contribution in [-0.2, 0) is 20.7 Å². The number of hydrogen-bond donors (Lipinski definition) is 1. The predicted octanol–water partition coefficient (Wildman–Crippen LogP) is 2.27. The quantitative estimate of drug-likeness (QED) is 0.787. The van der Waals surface area contributed by atoms with Crippen molar-refractivity contribution in [3.8, 4) is 0 Å². The number of esters is 1. The maximum Gasteiger partial charge on any atom is 0.309 e. The van der Waals surface area contributed by atoms with Crippen LogP contribution in [0.1, 0.15) is 25.3 Å². The van der Waals surface area contributed by atoms with Gasteiger partial charge < -0.3 is 9.84 Å². The molecule has 1 aromatic rings. The number of carboxylic acid groups (broad SMARTS) is 1. The molecule has 0 aliphatic rings. The van der Waals surface area contributed by atoms with Crippen LogP contribution in [0.25, 0.3) is 0 Å². The van der Waals surface area contributed by atoms with Crippen LogP contribution in [0, 0.1) is 5.41 Å². The van der Waals surface area contributed by atoms with Crippen molar-refractivity contribution in [1.29, 1.82) is 0 Å². The number of ether oxygens (including phenoxy) is 1. The van der Waals surface area contributed by atoms with E-state index in [1.165, 1.54) is 7.11 Å². The molecule has 0 fully saturated rings. The highest BCUT2D eigenvalue weighted by Crippen LogP contribution is 2.28. The summed E-state index contributed by atoms with van der Waals surface area (Å²) in [5.41, 5.74) is 0.00231. The van der Waals surface area contributed by atoms with Crippen LogP contribution in [-0.4, -0.2) is 24.2 Å². The van der Waals surface area contributed by atoms with E-state index in [1.54, 1.807) is 6.92 Å². The van der Waals surface area contributed by atoms with Crippen LogP contribution < -0.4 is 0 Å². The third-order valence-electron chi connectivity index (χ3n) is 3.06. The first-order valence-electron chi connectivity index (χ1n) is 5.82. The molecule has 0 aliphatic heterocycles. The zero-order chi connectivity index (χ0) is 13.6. The third kappa shape index (κ3) is 3.87. The van der Waals surface area contributed by atoms with Gasteiger partial charge in [0, 0.05) is 6.42 Å². The topological polar surface area (TPSA) is 63.6 Å². The predicted molar refractivity (Wildman–Crippen MR) is 67.1 cm³/mol. The van der Waals surface area contributed by atoms with E-state index >= 15 is 0 Å². The van der Waals surface area contributed by atoms with Crippen molar-refractivity contribution in [2.24, 2.45) is 5.41 Å². The summed E-state index contributed by atoms with van der Waals surface area (Å²) in [7, 11) is 1.30. The average Bonchev–Trinajstić information content (AvgIpc) is 2.37. The standard InChI is InChI=1S/C14H18O4/c1-14(13(16)17,9-8-12(15)18-2)10-11-6-4-3-5-7-11/h3-7H,8-10H2,1-2H3,(H,16,17). The van der Waals surface area contributed by atoms with Crippen LogP contribution in [0.4, 0.5) is 0 Å². The van der Waals surface area contributed by atoms with Gasteiger partial charge in [-0.3, -0.25) is 9.59 Å². The fraction of sp³-hybridized carbons (Fsp3) is 0.429. The van der Waals surface area contributed by atoms with E-state index < -0.39 is 11.4 Å². The summed E-state index contributed by atoms with van der Waals surface area (Å²) in [6.07, 6.45) is 0.788. The molecular formula is C14H18O4. The molecule has 1 atom stereocenters. The largest absolute Gasteiger partial charge is 0.481 e. The molecule has 1 rings (SSSR count). The number of methoxy groups -OCH3 is 1. The minimum absolute atomic E-state index is 0.117. The number of hydrogen-bond acceptors (Lipinski definition) is 3. The van der Waals surface area contributed by atoms with Crippen molar-refractivity contribution >= 4 is 11.9 Å². The Morgan fingerprint density at radius 3 is 2.39 bits per heavy atom. The van der Waals surface area contributed by atoms with Crippen molar-refractivity contribution in [3.05, 3.63) is 35.9 Å². The van der Waals surface area contributed by atoms with Crippen LogP contribution in [0.15, 0.2) is 30.3 Å². The monoisotopic (exact) mass is 250 g/mol. The van der Waals surface area contributed by atoms with Crippen molar-refractivity contribution in [3.63, 3.8) is 0 Å². The van der Waals surface area contributed by atoms with Crippen molar-refractivity contribution < 1.29 is 19.4 Å². The number of carbonyl (C=O) groups excluding carboxylic acids is 1. The van der Waals surface area contributed by atoms with E-state index in [2.05, 4.69) is 4.74 Å². The second-order valence-corrected chi connectivity index (χ2v) is 4.60. The van der Waals surface area contributed by atoms with Gasteiger partial charge in [0.1, 0.15) is 0 Å². The highest BCUT2D eigenvalue weighted by atomic mass is 16.5. The summed E-state index contributed by atoms with van der Waals surface area (Å²) >= 11 is 0. The molecule has 0 bridgehead atoms. The first-order valence-corrected chi connectivity index (χ1v) is 5.82. The van der Waals surface area contributed by atoms with Crippen LogP contribution in [0.5, 0.6) is 0 Å². The van der Waals surface area contributed by atoms with E-state index in [4.69, 9.17) is 0 Å². The van der Waals surface area contributed by atoms with Gasteiger partial charge in [-0.15, -0.1) is 0 Å². The number of rotatable bonds is 6. The molecule has 4 nitrogen and oxygen atoms in total. The normalized spacial score (nSPS) is 13.7. The average molecular weight is 250 g/mol. The highest BCUT2D eigenvalue weighted by Gasteiger charge is 2.33. The molecule has 1 N–H and O–H groups in total. The van der Waals surface area contributed by atoms with Crippen LogP contribution in [0.3, 0.4) is 0 Å². The van der Waals surface area contributed by atoms with Crippen LogP contribution >= 0.6 is 0 Å². The molecule has 0 aliphatic carbocycles. The number of carboxylic acids is 1. The summed E-state index contributed by atoms with van der Waals surface area (Å²) in [6.45, 7) is 1.66. The zero-order valence-corrected chi connectivity index (χ0v) is 10.7. The first kappa shape index (κ1) is 14.2. The molecule has 0 spiro atoms. The first-order chi connectivity index (χ1) is 8.48. The number of aliphatic carboxylic acids is 1. The summed E-state index contributed by atoms with van der Waals surface area (Å²) in [5.74, 6) is -1.27. The van der Waals surface area contributed by atoms with E-state index in [1.807, 2.05) is 30.3 Å². The minimum Gasteiger partial charge on any atom is -0.481 e. The molecule has 0 saturated carbocycles. The zero-order valence-electron chi connectivity index (χ0n) is 10.7. The summed E-state index contributed by atoms with van der Waals surface area (Å²) in [5, 5.41) is 9.33. The Labute approximate surface area is 107 Å². The molecule has 0 heterocycles. The van der Waals surface area contributed by atoms with Crippen molar-refractivity contribution in [2.75, 3.05) is 7.11 Å². The Morgan fingerprint density at radius 1 is 1.28 bits per heavy atom. The van der Waals surface area contributed by atoms with Gasteiger partial charge in [0.2, 0.25) is 0 Å². The lowest BCUT2D eigenvalue weighted by atomic mass is 9.79. The van der Waals surface area contributed by atoms with Crippen LogP contribution in [0.2, 0.25) is 0 Å². The van der Waals surface area contributed by atoms with Gasteiger partial charge in [-0.25, -0.2) is 0 Å². The lowest BCUT2D eigenvalue weighted by Gasteiger charge is -2.24. The molecule has 18 heavy (non-hydrogen) atoms. The second kappa shape index (κ2) is 6.19. The number of benzene rings is 1. The van der Waals surface area contributed by atoms with Gasteiger partial charge in [-0.05, 0) is 25.3 Å². The Balaban J connectivity index is 2.74. The summed E-state index contributed by atoms with van der Waals surface area (Å²) in [4.78, 5) is 22.5. The van der Waals surface area contributed by atoms with E-state index in [-0.39, 0.29) is 18.8 Å². The Bertz CT molecular complexity index is 413. The fourth-order valence-corrected chi connectivity index (χ4v) is 1.80. The van der Waals surface area contributed by atoms with Gasteiger partial charge in [0.15, 0.2) is 0 Å². The van der Waals surface area contributed by atoms with E-state index in [0.717, 1.165) is 5.56 Å². The smallest absolute Gasteiger partial charge is 0.309 e. The Kier molecular flexibility index (Phi) is 4.89. The molecule has 1 unspecified atom stereocenters. The maximum absolute atomic E-state index is 11.4. The molecule has 98 valence electrons. The fourth-order valence-electron chi connectivity index (χ4n) is 1.80. The lowest BCUT2D eigenvalue weighted by molar-refractivity contribution is -0.149. The SMILES string of the molecule is COC(=O)CCC(C)(Cc1ccccc1)C(=O)O. The summed E-state index contributed by atoms with van der Waals surface area (Å²) in [6, 6.07) is 9.41. The molecule has 0 aromatic heterocycles.